The van der Waals surface area contributed by atoms with Crippen LogP contribution in [-0.2, 0) is 13.0 Å². The number of aromatic nitrogens is 2. The first-order chi connectivity index (χ1) is 8.31. The lowest BCUT2D eigenvalue weighted by Crippen LogP contribution is -2.06. The van der Waals surface area contributed by atoms with Gasteiger partial charge in [0, 0.05) is 6.54 Å². The minimum Gasteiger partial charge on any atom is -0.363 e. The molecule has 0 saturated carbocycles. The van der Waals surface area contributed by atoms with Crippen molar-refractivity contribution in [3.63, 3.8) is 0 Å². The number of rotatable bonds is 4. The van der Waals surface area contributed by atoms with Gasteiger partial charge in [0.15, 0.2) is 11.6 Å². The highest BCUT2D eigenvalue weighted by atomic mass is 19.1. The van der Waals surface area contributed by atoms with Gasteiger partial charge in [-0.2, -0.15) is 0 Å². The normalized spacial score (nSPS) is 10.2. The van der Waals surface area contributed by atoms with Crippen molar-refractivity contribution in [2.24, 2.45) is 0 Å². The molecule has 88 valence electrons. The van der Waals surface area contributed by atoms with Gasteiger partial charge in [-0.1, -0.05) is 37.3 Å². The molecule has 3 nitrogen and oxygen atoms in total. The Morgan fingerprint density at radius 3 is 2.65 bits per heavy atom. The first kappa shape index (κ1) is 11.5. The maximum atomic E-state index is 13.8. The molecule has 0 aliphatic carbocycles. The van der Waals surface area contributed by atoms with E-state index in [0.717, 1.165) is 5.56 Å². The van der Waals surface area contributed by atoms with Crippen molar-refractivity contribution in [1.82, 2.24) is 9.97 Å². The molecule has 2 aromatic rings. The minimum absolute atomic E-state index is 0.265. The lowest BCUT2D eigenvalue weighted by molar-refractivity contribution is 0.596. The number of benzene rings is 1. The molecule has 0 atom stereocenters. The van der Waals surface area contributed by atoms with Gasteiger partial charge in [0.05, 0.1) is 5.69 Å². The van der Waals surface area contributed by atoms with Crippen LogP contribution in [0.2, 0.25) is 0 Å². The summed E-state index contributed by atoms with van der Waals surface area (Å²) in [5.41, 5.74) is 1.53. The molecule has 0 aliphatic heterocycles. The summed E-state index contributed by atoms with van der Waals surface area (Å²) in [6.07, 6.45) is 1.95. The zero-order chi connectivity index (χ0) is 12.1. The predicted octanol–water partition coefficient (Wildman–Crippen LogP) is 2.79. The van der Waals surface area contributed by atoms with E-state index in [1.165, 1.54) is 6.33 Å². The van der Waals surface area contributed by atoms with Gasteiger partial charge < -0.3 is 5.32 Å². The molecule has 1 N–H and O–H groups in total. The molecule has 17 heavy (non-hydrogen) atoms. The Labute approximate surface area is 99.7 Å². The lowest BCUT2D eigenvalue weighted by Gasteiger charge is -2.08. The number of hydrogen-bond donors (Lipinski definition) is 1. The molecule has 1 aromatic heterocycles. The molecular formula is C13H14FN3. The average molecular weight is 231 g/mol. The summed E-state index contributed by atoms with van der Waals surface area (Å²) in [6, 6.07) is 9.80. The number of hydrogen-bond acceptors (Lipinski definition) is 3. The zero-order valence-corrected chi connectivity index (χ0v) is 9.65. The zero-order valence-electron chi connectivity index (χ0n) is 9.65. The molecule has 0 spiro atoms. The van der Waals surface area contributed by atoms with Crippen molar-refractivity contribution < 1.29 is 4.39 Å². The molecule has 0 radical (unpaired) electrons. The van der Waals surface area contributed by atoms with Crippen molar-refractivity contribution >= 4 is 5.82 Å². The molecule has 4 heteroatoms. The summed E-state index contributed by atoms with van der Waals surface area (Å²) < 4.78 is 13.8. The van der Waals surface area contributed by atoms with Gasteiger partial charge in [-0.05, 0) is 12.0 Å². The van der Waals surface area contributed by atoms with Crippen molar-refractivity contribution in [3.8, 4) is 0 Å². The van der Waals surface area contributed by atoms with Crippen LogP contribution in [0.3, 0.4) is 0 Å². The Hall–Kier alpha value is -1.97. The van der Waals surface area contributed by atoms with Crippen LogP contribution in [0.15, 0.2) is 36.7 Å². The molecule has 0 aliphatic rings. The fraction of sp³-hybridized carbons (Fsp3) is 0.231. The number of nitrogens with one attached hydrogen (secondary N) is 1. The Balaban J connectivity index is 2.09. The number of nitrogens with zero attached hydrogens (tertiary/aromatic N) is 2. The van der Waals surface area contributed by atoms with Crippen LogP contribution in [0.5, 0.6) is 0 Å². The van der Waals surface area contributed by atoms with Gasteiger partial charge in [0.2, 0.25) is 0 Å². The van der Waals surface area contributed by atoms with E-state index in [2.05, 4.69) is 15.3 Å². The lowest BCUT2D eigenvalue weighted by atomic mass is 10.2. The number of halogens is 1. The van der Waals surface area contributed by atoms with Crippen LogP contribution in [0.1, 0.15) is 18.2 Å². The summed E-state index contributed by atoms with van der Waals surface area (Å²) in [7, 11) is 0. The highest BCUT2D eigenvalue weighted by molar-refractivity contribution is 5.38. The Morgan fingerprint density at radius 1 is 1.18 bits per heavy atom. The number of aryl methyl sites for hydroxylation is 1. The summed E-state index contributed by atoms with van der Waals surface area (Å²) in [4.78, 5) is 7.79. The first-order valence-corrected chi connectivity index (χ1v) is 5.58. The van der Waals surface area contributed by atoms with Crippen molar-refractivity contribution in [3.05, 3.63) is 53.7 Å². The fourth-order valence-corrected chi connectivity index (χ4v) is 1.56. The number of anilines is 1. The van der Waals surface area contributed by atoms with E-state index in [-0.39, 0.29) is 11.6 Å². The van der Waals surface area contributed by atoms with Crippen molar-refractivity contribution in [1.29, 1.82) is 0 Å². The minimum atomic E-state index is -0.356. The highest BCUT2D eigenvalue weighted by Crippen LogP contribution is 2.14. The van der Waals surface area contributed by atoms with Gasteiger partial charge in [-0.25, -0.2) is 14.4 Å². The van der Waals surface area contributed by atoms with E-state index >= 15 is 0 Å². The van der Waals surface area contributed by atoms with Crippen LogP contribution in [-0.4, -0.2) is 9.97 Å². The highest BCUT2D eigenvalue weighted by Gasteiger charge is 2.08. The molecule has 1 heterocycles. The summed E-state index contributed by atoms with van der Waals surface area (Å²) in [5.74, 6) is -0.0911. The van der Waals surface area contributed by atoms with Crippen LogP contribution in [0.4, 0.5) is 10.2 Å². The molecule has 0 saturated heterocycles. The van der Waals surface area contributed by atoms with E-state index in [1.54, 1.807) is 0 Å². The predicted molar refractivity (Wildman–Crippen MR) is 65.1 cm³/mol. The van der Waals surface area contributed by atoms with Gasteiger partial charge in [0.1, 0.15) is 6.33 Å². The van der Waals surface area contributed by atoms with E-state index < -0.39 is 0 Å². The second-order valence-electron chi connectivity index (χ2n) is 3.68. The summed E-state index contributed by atoms with van der Waals surface area (Å²) in [6.45, 7) is 2.42. The molecule has 0 amide bonds. The molecule has 0 fully saturated rings. The SMILES string of the molecule is CCc1ncnc(NCc2ccccc2)c1F. The van der Waals surface area contributed by atoms with E-state index in [4.69, 9.17) is 0 Å². The molecule has 0 unspecified atom stereocenters. The Kier molecular flexibility index (Phi) is 3.65. The van der Waals surface area contributed by atoms with Gasteiger partial charge >= 0.3 is 0 Å². The molecule has 1 aromatic carbocycles. The first-order valence-electron chi connectivity index (χ1n) is 5.58. The maximum Gasteiger partial charge on any atom is 0.186 e. The topological polar surface area (TPSA) is 37.8 Å². The van der Waals surface area contributed by atoms with Crippen LogP contribution in [0, 0.1) is 5.82 Å². The van der Waals surface area contributed by atoms with Crippen LogP contribution >= 0.6 is 0 Å². The fourth-order valence-electron chi connectivity index (χ4n) is 1.56. The van der Waals surface area contributed by atoms with Crippen molar-refractivity contribution in [2.45, 2.75) is 19.9 Å². The van der Waals surface area contributed by atoms with E-state index in [1.807, 2.05) is 37.3 Å². The summed E-state index contributed by atoms with van der Waals surface area (Å²) >= 11 is 0. The van der Waals surface area contributed by atoms with Gasteiger partial charge in [-0.15, -0.1) is 0 Å². The second-order valence-corrected chi connectivity index (χ2v) is 3.68. The summed E-state index contributed by atoms with van der Waals surface area (Å²) in [5, 5.41) is 2.98. The standard InChI is InChI=1S/C13H14FN3/c1-2-11-12(14)13(17-9-16-11)15-8-10-6-4-3-5-7-10/h3-7,9H,2,8H2,1H3,(H,15,16,17). The van der Waals surface area contributed by atoms with Gasteiger partial charge in [0.25, 0.3) is 0 Å². The van der Waals surface area contributed by atoms with E-state index in [9.17, 15) is 4.39 Å². The third-order valence-electron chi connectivity index (χ3n) is 2.50. The third-order valence-corrected chi connectivity index (χ3v) is 2.50. The van der Waals surface area contributed by atoms with Gasteiger partial charge in [-0.3, -0.25) is 0 Å². The Morgan fingerprint density at radius 2 is 1.94 bits per heavy atom. The molecular weight excluding hydrogens is 217 g/mol. The largest absolute Gasteiger partial charge is 0.363 e. The maximum absolute atomic E-state index is 13.8. The quantitative estimate of drug-likeness (QED) is 0.879. The average Bonchev–Trinajstić information content (AvgIpc) is 2.39. The Bertz CT molecular complexity index is 485. The molecule has 0 bridgehead atoms. The second kappa shape index (κ2) is 5.39. The monoisotopic (exact) mass is 231 g/mol. The third kappa shape index (κ3) is 2.78. The van der Waals surface area contributed by atoms with E-state index in [0.29, 0.717) is 18.7 Å². The molecule has 2 rings (SSSR count). The van der Waals surface area contributed by atoms with Crippen molar-refractivity contribution in [2.75, 3.05) is 5.32 Å². The van der Waals surface area contributed by atoms with Crippen LogP contribution < -0.4 is 5.32 Å². The van der Waals surface area contributed by atoms with Crippen LogP contribution in [0.25, 0.3) is 0 Å². The smallest absolute Gasteiger partial charge is 0.186 e.